The smallest absolute Gasteiger partial charge is 0.0630 e. The molecule has 0 aromatic rings. The van der Waals surface area contributed by atoms with Crippen LogP contribution in [0.2, 0.25) is 0 Å². The van der Waals surface area contributed by atoms with Crippen molar-refractivity contribution in [1.82, 2.24) is 9.80 Å². The van der Waals surface area contributed by atoms with E-state index in [0.29, 0.717) is 12.1 Å². The van der Waals surface area contributed by atoms with Gasteiger partial charge in [-0.15, -0.1) is 0 Å². The molecule has 1 heterocycles. The number of methoxy groups -OCH3 is 1. The van der Waals surface area contributed by atoms with Crippen LogP contribution in [0, 0.1) is 11.8 Å². The number of rotatable bonds is 5. The Balaban J connectivity index is 0.000000238. The zero-order chi connectivity index (χ0) is 17.2. The van der Waals surface area contributed by atoms with Gasteiger partial charge < -0.3 is 4.74 Å². The normalized spacial score (nSPS) is 26.0. The summed E-state index contributed by atoms with van der Waals surface area (Å²) < 4.78 is 5.21. The van der Waals surface area contributed by atoms with Crippen LogP contribution in [-0.2, 0) is 4.74 Å². The monoisotopic (exact) mass is 326 g/mol. The van der Waals surface area contributed by atoms with E-state index in [-0.39, 0.29) is 0 Å². The van der Waals surface area contributed by atoms with Crippen LogP contribution in [0.4, 0.5) is 0 Å². The molecule has 0 radical (unpaired) electrons. The lowest BCUT2D eigenvalue weighted by molar-refractivity contribution is 0.0286. The lowest BCUT2D eigenvalue weighted by atomic mass is 9.80. The molecule has 0 aromatic heterocycles. The molecule has 1 saturated carbocycles. The number of hydrogen-bond acceptors (Lipinski definition) is 3. The van der Waals surface area contributed by atoms with Crippen molar-refractivity contribution >= 4 is 0 Å². The van der Waals surface area contributed by atoms with Crippen LogP contribution in [0.1, 0.15) is 66.2 Å². The van der Waals surface area contributed by atoms with Gasteiger partial charge in [0, 0.05) is 38.8 Å². The molecule has 3 nitrogen and oxygen atoms in total. The molecule has 23 heavy (non-hydrogen) atoms. The Hall–Kier alpha value is -0.120. The number of ether oxygens (including phenoxy) is 1. The fourth-order valence-electron chi connectivity index (χ4n) is 3.85. The van der Waals surface area contributed by atoms with Crippen LogP contribution < -0.4 is 0 Å². The minimum absolute atomic E-state index is 0.571. The zero-order valence-corrected chi connectivity index (χ0v) is 16.7. The molecular formula is C20H42N2O. The van der Waals surface area contributed by atoms with Crippen molar-refractivity contribution in [2.24, 2.45) is 11.8 Å². The van der Waals surface area contributed by atoms with Crippen LogP contribution >= 0.6 is 0 Å². The Morgan fingerprint density at radius 1 is 1.04 bits per heavy atom. The van der Waals surface area contributed by atoms with Crippen molar-refractivity contribution in [2.45, 2.75) is 78.3 Å². The molecule has 138 valence electrons. The van der Waals surface area contributed by atoms with Crippen molar-refractivity contribution in [1.29, 1.82) is 0 Å². The lowest BCUT2D eigenvalue weighted by Gasteiger charge is -2.41. The maximum atomic E-state index is 5.21. The Morgan fingerprint density at radius 3 is 2.22 bits per heavy atom. The first-order valence-corrected chi connectivity index (χ1v) is 9.92. The summed E-state index contributed by atoms with van der Waals surface area (Å²) in [6.07, 6.45) is 8.88. The first kappa shape index (κ1) is 20.9. The first-order chi connectivity index (χ1) is 11.0. The summed E-state index contributed by atoms with van der Waals surface area (Å²) >= 11 is 0. The van der Waals surface area contributed by atoms with Gasteiger partial charge in [0.1, 0.15) is 0 Å². The number of hydrogen-bond donors (Lipinski definition) is 0. The number of piperazine rings is 1. The minimum Gasteiger partial charge on any atom is -0.383 e. The van der Waals surface area contributed by atoms with Crippen molar-refractivity contribution in [3.63, 3.8) is 0 Å². The van der Waals surface area contributed by atoms with Gasteiger partial charge in [-0.3, -0.25) is 9.80 Å². The van der Waals surface area contributed by atoms with Gasteiger partial charge in [-0.1, -0.05) is 52.4 Å². The molecule has 0 amide bonds. The molecule has 2 atom stereocenters. The minimum atomic E-state index is 0.571. The second-order valence-electron chi connectivity index (χ2n) is 7.96. The molecule has 0 spiro atoms. The van der Waals surface area contributed by atoms with Crippen molar-refractivity contribution in [2.75, 3.05) is 40.4 Å². The van der Waals surface area contributed by atoms with Crippen LogP contribution in [0.25, 0.3) is 0 Å². The van der Waals surface area contributed by atoms with Crippen LogP contribution in [0.3, 0.4) is 0 Å². The quantitative estimate of drug-likeness (QED) is 0.750. The molecule has 0 bridgehead atoms. The van der Waals surface area contributed by atoms with Crippen LogP contribution in [-0.4, -0.2) is 62.3 Å². The SMILES string of the molecule is CCC(C)C1CCCCC1.COCC1CN(C(C)C)CCN1C. The summed E-state index contributed by atoms with van der Waals surface area (Å²) in [6.45, 7) is 13.6. The highest BCUT2D eigenvalue weighted by Gasteiger charge is 2.25. The van der Waals surface area contributed by atoms with Gasteiger partial charge in [-0.25, -0.2) is 0 Å². The van der Waals surface area contributed by atoms with Gasteiger partial charge in [0.2, 0.25) is 0 Å². The summed E-state index contributed by atoms with van der Waals surface area (Å²) in [4.78, 5) is 4.91. The molecule has 1 aliphatic carbocycles. The molecule has 2 fully saturated rings. The number of likely N-dealkylation sites (N-methyl/N-ethyl adjacent to an activating group) is 1. The molecule has 3 heteroatoms. The molecule has 1 aliphatic heterocycles. The average molecular weight is 327 g/mol. The third kappa shape index (κ3) is 7.53. The molecule has 2 unspecified atom stereocenters. The highest BCUT2D eigenvalue weighted by atomic mass is 16.5. The predicted octanol–water partition coefficient (Wildman–Crippen LogP) is 4.27. The molecule has 2 aliphatic rings. The van der Waals surface area contributed by atoms with E-state index < -0.39 is 0 Å². The van der Waals surface area contributed by atoms with E-state index in [0.717, 1.165) is 31.5 Å². The van der Waals surface area contributed by atoms with E-state index in [9.17, 15) is 0 Å². The van der Waals surface area contributed by atoms with E-state index in [2.05, 4.69) is 44.5 Å². The summed E-state index contributed by atoms with van der Waals surface area (Å²) in [7, 11) is 3.96. The molecule has 1 saturated heterocycles. The van der Waals surface area contributed by atoms with E-state index in [1.165, 1.54) is 45.1 Å². The zero-order valence-electron chi connectivity index (χ0n) is 16.7. The average Bonchev–Trinajstić information content (AvgIpc) is 2.57. The number of nitrogens with zero attached hydrogens (tertiary/aromatic N) is 2. The fraction of sp³-hybridized carbons (Fsp3) is 1.00. The van der Waals surface area contributed by atoms with E-state index in [4.69, 9.17) is 4.74 Å². The Labute approximate surface area is 145 Å². The summed E-state index contributed by atoms with van der Waals surface area (Å²) in [5.41, 5.74) is 0. The maximum Gasteiger partial charge on any atom is 0.0630 e. The third-order valence-electron chi connectivity index (χ3n) is 6.00. The second-order valence-corrected chi connectivity index (χ2v) is 7.96. The molecule has 2 rings (SSSR count). The standard InChI is InChI=1S/C10H22N2O.C10H20/c1-9(2)12-6-5-11(3)10(7-12)8-13-4;1-3-9(2)10-7-5-4-6-8-10/h9-10H,5-8H2,1-4H3;9-10H,3-8H2,1-2H3. The second kappa shape index (κ2) is 11.4. The van der Waals surface area contributed by atoms with Gasteiger partial charge in [-0.05, 0) is 32.7 Å². The van der Waals surface area contributed by atoms with E-state index in [1.54, 1.807) is 7.11 Å². The Kier molecular flexibility index (Phi) is 10.4. The van der Waals surface area contributed by atoms with Gasteiger partial charge in [0.05, 0.1) is 6.61 Å². The summed E-state index contributed by atoms with van der Waals surface area (Å²) in [5.74, 6) is 2.05. The third-order valence-corrected chi connectivity index (χ3v) is 6.00. The Morgan fingerprint density at radius 2 is 1.70 bits per heavy atom. The Bertz CT molecular complexity index is 289. The molecule has 0 aromatic carbocycles. The van der Waals surface area contributed by atoms with E-state index >= 15 is 0 Å². The van der Waals surface area contributed by atoms with Crippen molar-refractivity contribution in [3.05, 3.63) is 0 Å². The highest BCUT2D eigenvalue weighted by Crippen LogP contribution is 2.30. The van der Waals surface area contributed by atoms with Gasteiger partial charge in [0.25, 0.3) is 0 Å². The lowest BCUT2D eigenvalue weighted by Crippen LogP contribution is -2.54. The van der Waals surface area contributed by atoms with Gasteiger partial charge in [0.15, 0.2) is 0 Å². The summed E-state index contributed by atoms with van der Waals surface area (Å²) in [6, 6.07) is 1.23. The molecular weight excluding hydrogens is 284 g/mol. The van der Waals surface area contributed by atoms with Crippen LogP contribution in [0.15, 0.2) is 0 Å². The van der Waals surface area contributed by atoms with Gasteiger partial charge >= 0.3 is 0 Å². The largest absolute Gasteiger partial charge is 0.383 e. The predicted molar refractivity (Wildman–Crippen MR) is 101 cm³/mol. The summed E-state index contributed by atoms with van der Waals surface area (Å²) in [5, 5.41) is 0. The fourth-order valence-corrected chi connectivity index (χ4v) is 3.85. The van der Waals surface area contributed by atoms with Crippen LogP contribution in [0.5, 0.6) is 0 Å². The van der Waals surface area contributed by atoms with E-state index in [1.807, 2.05) is 0 Å². The van der Waals surface area contributed by atoms with Crippen molar-refractivity contribution < 1.29 is 4.74 Å². The van der Waals surface area contributed by atoms with Crippen molar-refractivity contribution in [3.8, 4) is 0 Å². The first-order valence-electron chi connectivity index (χ1n) is 9.92. The highest BCUT2D eigenvalue weighted by molar-refractivity contribution is 4.81. The maximum absolute atomic E-state index is 5.21. The topological polar surface area (TPSA) is 15.7 Å². The molecule has 0 N–H and O–H groups in total. The van der Waals surface area contributed by atoms with Gasteiger partial charge in [-0.2, -0.15) is 0 Å².